The van der Waals surface area contributed by atoms with Crippen LogP contribution in [0.4, 0.5) is 10.5 Å². The van der Waals surface area contributed by atoms with Gasteiger partial charge in [-0.2, -0.15) is 0 Å². The first-order valence-electron chi connectivity index (χ1n) is 7.06. The van der Waals surface area contributed by atoms with Crippen LogP contribution in [0.15, 0.2) is 46.4 Å². The summed E-state index contributed by atoms with van der Waals surface area (Å²) in [6.45, 7) is 0. The molecule has 2 aromatic rings. The fraction of sp³-hybridized carbons (Fsp3) is 0.0625. The third-order valence-corrected chi connectivity index (χ3v) is 3.56. The maximum absolute atomic E-state index is 12.0. The Balaban J connectivity index is 1.93. The Kier molecular flexibility index (Phi) is 3.89. The molecule has 25 heavy (non-hydrogen) atoms. The van der Waals surface area contributed by atoms with Crippen molar-refractivity contribution < 1.29 is 23.7 Å². The second kappa shape index (κ2) is 6.04. The van der Waals surface area contributed by atoms with Crippen molar-refractivity contribution in [1.29, 1.82) is 0 Å². The lowest BCUT2D eigenvalue weighted by atomic mass is 10.1. The summed E-state index contributed by atoms with van der Waals surface area (Å²) in [5.41, 5.74) is 0.142. The first-order chi connectivity index (χ1) is 11.9. The number of amides is 4. The molecule has 0 unspecified atom stereocenters. The zero-order valence-corrected chi connectivity index (χ0v) is 12.9. The minimum Gasteiger partial charge on any atom is -0.457 e. The van der Waals surface area contributed by atoms with Crippen molar-refractivity contribution in [2.45, 2.75) is 0 Å². The second-order valence-electron chi connectivity index (χ2n) is 5.19. The molecule has 1 aliphatic rings. The maximum Gasteiger partial charge on any atom is 0.331 e. The molecule has 0 spiro atoms. The molecule has 1 aliphatic heterocycles. The van der Waals surface area contributed by atoms with Gasteiger partial charge in [0.05, 0.1) is 4.92 Å². The van der Waals surface area contributed by atoms with E-state index in [1.807, 2.05) is 5.32 Å². The highest BCUT2D eigenvalue weighted by Gasteiger charge is 2.33. The lowest BCUT2D eigenvalue weighted by Gasteiger charge is -2.21. The van der Waals surface area contributed by atoms with Crippen LogP contribution in [-0.2, 0) is 9.59 Å². The fourth-order valence-corrected chi connectivity index (χ4v) is 2.25. The Morgan fingerprint density at radius 2 is 1.96 bits per heavy atom. The number of likely N-dealkylation sites (N-methyl/N-ethyl adjacent to an activating group) is 1. The van der Waals surface area contributed by atoms with E-state index in [0.29, 0.717) is 11.3 Å². The highest BCUT2D eigenvalue weighted by atomic mass is 16.6. The van der Waals surface area contributed by atoms with E-state index in [-0.39, 0.29) is 17.0 Å². The van der Waals surface area contributed by atoms with Gasteiger partial charge in [-0.05, 0) is 18.2 Å². The van der Waals surface area contributed by atoms with Crippen LogP contribution in [0.1, 0.15) is 5.76 Å². The highest BCUT2D eigenvalue weighted by Crippen LogP contribution is 2.27. The van der Waals surface area contributed by atoms with E-state index < -0.39 is 22.8 Å². The van der Waals surface area contributed by atoms with E-state index in [9.17, 15) is 24.5 Å². The molecule has 3 rings (SSSR count). The standard InChI is InChI=1S/C16H11N3O6/c1-18-15(21)12(14(20)17-16(18)22)8-11-5-6-13(25-11)9-3-2-4-10(7-9)19(23)24/h2-8H,1H3,(H,17,20,22)/b12-8+. The van der Waals surface area contributed by atoms with Crippen molar-refractivity contribution in [3.63, 3.8) is 0 Å². The minimum absolute atomic E-state index is 0.0872. The van der Waals surface area contributed by atoms with Crippen LogP contribution in [0.25, 0.3) is 17.4 Å². The molecular weight excluding hydrogens is 330 g/mol. The van der Waals surface area contributed by atoms with Gasteiger partial charge in [0.1, 0.15) is 17.1 Å². The summed E-state index contributed by atoms with van der Waals surface area (Å²) >= 11 is 0. The Bertz CT molecular complexity index is 943. The fourth-order valence-electron chi connectivity index (χ4n) is 2.25. The number of non-ortho nitro benzene ring substituents is 1. The number of nitrogens with zero attached hydrogens (tertiary/aromatic N) is 2. The first-order valence-corrected chi connectivity index (χ1v) is 7.06. The van der Waals surface area contributed by atoms with Crippen LogP contribution < -0.4 is 5.32 Å². The summed E-state index contributed by atoms with van der Waals surface area (Å²) in [4.78, 5) is 46.2. The molecule has 126 valence electrons. The number of nitrogens with one attached hydrogen (secondary N) is 1. The molecule has 1 N–H and O–H groups in total. The van der Waals surface area contributed by atoms with E-state index in [4.69, 9.17) is 4.42 Å². The number of hydrogen-bond acceptors (Lipinski definition) is 6. The molecule has 9 nitrogen and oxygen atoms in total. The van der Waals surface area contributed by atoms with Crippen LogP contribution in [0.3, 0.4) is 0 Å². The van der Waals surface area contributed by atoms with E-state index in [1.165, 1.54) is 37.4 Å². The van der Waals surface area contributed by atoms with E-state index in [1.54, 1.807) is 12.1 Å². The third-order valence-electron chi connectivity index (χ3n) is 3.56. The van der Waals surface area contributed by atoms with Gasteiger partial charge in [0.25, 0.3) is 17.5 Å². The van der Waals surface area contributed by atoms with Gasteiger partial charge >= 0.3 is 6.03 Å². The zero-order valence-electron chi connectivity index (χ0n) is 12.9. The summed E-state index contributed by atoms with van der Waals surface area (Å²) < 4.78 is 5.53. The third kappa shape index (κ3) is 3.02. The van der Waals surface area contributed by atoms with Crippen LogP contribution in [0.2, 0.25) is 0 Å². The first kappa shape index (κ1) is 16.1. The topological polar surface area (TPSA) is 123 Å². The quantitative estimate of drug-likeness (QED) is 0.394. The number of rotatable bonds is 3. The molecule has 9 heteroatoms. The molecule has 4 amide bonds. The molecule has 2 heterocycles. The Morgan fingerprint density at radius 3 is 2.68 bits per heavy atom. The van der Waals surface area contributed by atoms with Crippen LogP contribution in [-0.4, -0.2) is 34.7 Å². The maximum atomic E-state index is 12.0. The molecule has 0 radical (unpaired) electrons. The van der Waals surface area contributed by atoms with Crippen molar-refractivity contribution in [3.8, 4) is 11.3 Å². The zero-order chi connectivity index (χ0) is 18.1. The number of urea groups is 1. The molecule has 0 saturated carbocycles. The van der Waals surface area contributed by atoms with Gasteiger partial charge in [-0.3, -0.25) is 29.9 Å². The van der Waals surface area contributed by atoms with E-state index in [2.05, 4.69) is 0 Å². The van der Waals surface area contributed by atoms with Crippen molar-refractivity contribution in [2.75, 3.05) is 7.05 Å². The van der Waals surface area contributed by atoms with Crippen molar-refractivity contribution in [2.24, 2.45) is 0 Å². The van der Waals surface area contributed by atoms with Crippen molar-refractivity contribution >= 4 is 29.6 Å². The number of nitro benzene ring substituents is 1. The number of benzene rings is 1. The lowest BCUT2D eigenvalue weighted by Crippen LogP contribution is -2.52. The Labute approximate surface area is 140 Å². The average Bonchev–Trinajstić information content (AvgIpc) is 3.05. The number of carbonyl (C=O) groups is 3. The SMILES string of the molecule is CN1C(=O)NC(=O)/C(=C\c2ccc(-c3cccc([N+](=O)[O-])c3)o2)C1=O. The number of carbonyl (C=O) groups excluding carboxylic acids is 3. The summed E-state index contributed by atoms with van der Waals surface area (Å²) in [6, 6.07) is 8.13. The smallest absolute Gasteiger partial charge is 0.331 e. The van der Waals surface area contributed by atoms with Gasteiger partial charge in [0.15, 0.2) is 0 Å². The second-order valence-corrected chi connectivity index (χ2v) is 5.19. The van der Waals surface area contributed by atoms with Crippen LogP contribution in [0, 0.1) is 10.1 Å². The summed E-state index contributed by atoms with van der Waals surface area (Å²) in [6.07, 6.45) is 1.21. The van der Waals surface area contributed by atoms with Gasteiger partial charge in [-0.25, -0.2) is 4.79 Å². The Hall–Kier alpha value is -3.75. The molecule has 1 aromatic heterocycles. The number of imide groups is 2. The predicted octanol–water partition coefficient (Wildman–Crippen LogP) is 1.95. The monoisotopic (exact) mass is 341 g/mol. The Morgan fingerprint density at radius 1 is 1.20 bits per heavy atom. The van der Waals surface area contributed by atoms with Crippen molar-refractivity contribution in [3.05, 3.63) is 57.8 Å². The largest absolute Gasteiger partial charge is 0.457 e. The molecule has 1 aromatic carbocycles. The molecule has 0 aliphatic carbocycles. The molecule has 0 atom stereocenters. The van der Waals surface area contributed by atoms with Crippen molar-refractivity contribution in [1.82, 2.24) is 10.2 Å². The van der Waals surface area contributed by atoms with Gasteiger partial charge in [-0.15, -0.1) is 0 Å². The minimum atomic E-state index is -0.818. The summed E-state index contributed by atoms with van der Waals surface area (Å²) in [5, 5.41) is 12.9. The molecule has 0 bridgehead atoms. The molecular formula is C16H11N3O6. The number of nitro groups is 1. The lowest BCUT2D eigenvalue weighted by molar-refractivity contribution is -0.384. The van der Waals surface area contributed by atoms with Gasteiger partial charge in [0.2, 0.25) is 0 Å². The summed E-state index contributed by atoms with van der Waals surface area (Å²) in [7, 11) is 1.24. The van der Waals surface area contributed by atoms with Gasteiger partial charge in [-0.1, -0.05) is 12.1 Å². The molecule has 1 fully saturated rings. The van der Waals surface area contributed by atoms with E-state index in [0.717, 1.165) is 4.90 Å². The summed E-state index contributed by atoms with van der Waals surface area (Å²) in [5.74, 6) is -1.03. The van der Waals surface area contributed by atoms with Gasteiger partial charge < -0.3 is 4.42 Å². The van der Waals surface area contributed by atoms with E-state index >= 15 is 0 Å². The molecule has 1 saturated heterocycles. The normalized spacial score (nSPS) is 16.3. The number of hydrogen-bond donors (Lipinski definition) is 1. The number of barbiturate groups is 1. The average molecular weight is 341 g/mol. The highest BCUT2D eigenvalue weighted by molar-refractivity contribution is 6.30. The predicted molar refractivity (Wildman–Crippen MR) is 85.1 cm³/mol. The number of furan rings is 1. The van der Waals surface area contributed by atoms with Crippen LogP contribution in [0.5, 0.6) is 0 Å². The van der Waals surface area contributed by atoms with Crippen LogP contribution >= 0.6 is 0 Å². The van der Waals surface area contributed by atoms with Gasteiger partial charge in [0, 0.05) is 24.7 Å².